The highest BCUT2D eigenvalue weighted by Crippen LogP contribution is 2.36. The van der Waals surface area contributed by atoms with Crippen LogP contribution in [-0.2, 0) is 12.8 Å². The molecule has 0 spiro atoms. The van der Waals surface area contributed by atoms with Gasteiger partial charge in [0.05, 0.1) is 0 Å². The lowest BCUT2D eigenvalue weighted by Gasteiger charge is -2.22. The number of aryl methyl sites for hydroxylation is 2. The number of urea groups is 1. The molecule has 2 N–H and O–H groups in total. The highest BCUT2D eigenvalue weighted by atomic mass is 35.5. The molecule has 0 bridgehead atoms. The Bertz CT molecular complexity index is 940. The zero-order valence-electron chi connectivity index (χ0n) is 16.4. The molecule has 5 nitrogen and oxygen atoms in total. The van der Waals surface area contributed by atoms with Gasteiger partial charge >= 0.3 is 12.1 Å². The third kappa shape index (κ3) is 5.84. The number of amides is 3. The second-order valence-corrected chi connectivity index (χ2v) is 6.68. The molecule has 3 amide bonds. The maximum atomic E-state index is 13.7. The molecule has 2 aromatic rings. The Hall–Kier alpha value is -2.88. The van der Waals surface area contributed by atoms with Gasteiger partial charge in [0.2, 0.25) is 0 Å². The quantitative estimate of drug-likeness (QED) is 0.416. The van der Waals surface area contributed by atoms with E-state index in [2.05, 4.69) is 10.1 Å². The summed E-state index contributed by atoms with van der Waals surface area (Å²) in [7, 11) is 0. The van der Waals surface area contributed by atoms with Gasteiger partial charge in [-0.2, -0.15) is 8.78 Å². The summed E-state index contributed by atoms with van der Waals surface area (Å²) in [6, 6.07) is 4.21. The Morgan fingerprint density at radius 3 is 2.06 bits per heavy atom. The van der Waals surface area contributed by atoms with Crippen LogP contribution in [0.4, 0.5) is 32.4 Å². The second-order valence-electron chi connectivity index (χ2n) is 6.30. The van der Waals surface area contributed by atoms with Crippen molar-refractivity contribution in [3.8, 4) is 5.75 Å². The number of anilines is 1. The summed E-state index contributed by atoms with van der Waals surface area (Å²) in [4.78, 5) is 24.1. The molecule has 0 aliphatic rings. The Morgan fingerprint density at radius 2 is 1.61 bits per heavy atom. The number of ether oxygens (including phenoxy) is 1. The largest absolute Gasteiger partial charge is 0.444 e. The van der Waals surface area contributed by atoms with Crippen molar-refractivity contribution >= 4 is 29.2 Å². The van der Waals surface area contributed by atoms with Gasteiger partial charge in [-0.05, 0) is 48.2 Å². The van der Waals surface area contributed by atoms with E-state index in [1.54, 1.807) is 19.2 Å². The highest BCUT2D eigenvalue weighted by Gasteiger charge is 2.43. The molecule has 0 aliphatic carbocycles. The fourth-order valence-electron chi connectivity index (χ4n) is 2.71. The summed E-state index contributed by atoms with van der Waals surface area (Å²) in [5, 5.41) is 4.07. The molecule has 0 radical (unpaired) electrons. The lowest BCUT2D eigenvalue weighted by molar-refractivity contribution is -0.199. The maximum Gasteiger partial charge on any atom is 0.444 e. The number of halogens is 6. The summed E-state index contributed by atoms with van der Waals surface area (Å²) in [5.74, 6) is -3.90. The van der Waals surface area contributed by atoms with Gasteiger partial charge in [0.1, 0.15) is 22.9 Å². The number of carbonyl (C=O) groups excluding carboxylic acids is 2. The standard InChI is InChI=1S/C20H18ClF5N2O3/c1-3-10-8-12(9-11(4-2)16(10)31-20(25,26)18(21)24)27-19(30)28-17(29)15-13(22)6-5-7-14(15)23/h5-9,18H,3-4H2,1-2H3,(H2,27,28,29,30). The van der Waals surface area contributed by atoms with Gasteiger partial charge in [-0.25, -0.2) is 18.0 Å². The molecule has 0 saturated carbocycles. The van der Waals surface area contributed by atoms with Crippen molar-refractivity contribution in [3.63, 3.8) is 0 Å². The average molecular weight is 465 g/mol. The first kappa shape index (κ1) is 24.4. The summed E-state index contributed by atoms with van der Waals surface area (Å²) >= 11 is 4.84. The van der Waals surface area contributed by atoms with Gasteiger partial charge in [0, 0.05) is 5.69 Å². The Labute approximate surface area is 179 Å². The molecule has 0 aliphatic heterocycles. The molecular weight excluding hydrogens is 447 g/mol. The van der Waals surface area contributed by atoms with Crippen LogP contribution >= 0.6 is 11.6 Å². The van der Waals surface area contributed by atoms with Gasteiger partial charge in [-0.1, -0.05) is 31.5 Å². The third-order valence-corrected chi connectivity index (χ3v) is 4.43. The Balaban J connectivity index is 2.25. The summed E-state index contributed by atoms with van der Waals surface area (Å²) < 4.78 is 72.1. The fourth-order valence-corrected chi connectivity index (χ4v) is 2.75. The number of rotatable bonds is 7. The minimum absolute atomic E-state index is 0.0892. The SMILES string of the molecule is CCc1cc(NC(=O)NC(=O)c2c(F)cccc2F)cc(CC)c1OC(F)(F)C(F)Cl. The van der Waals surface area contributed by atoms with E-state index >= 15 is 0 Å². The summed E-state index contributed by atoms with van der Waals surface area (Å²) in [6.45, 7) is 3.23. The summed E-state index contributed by atoms with van der Waals surface area (Å²) in [6.07, 6.45) is -3.93. The van der Waals surface area contributed by atoms with E-state index < -0.39 is 40.9 Å². The normalized spacial score (nSPS) is 12.3. The van der Waals surface area contributed by atoms with E-state index in [1.165, 1.54) is 12.1 Å². The molecule has 2 aromatic carbocycles. The van der Waals surface area contributed by atoms with Crippen molar-refractivity contribution in [2.45, 2.75) is 38.4 Å². The van der Waals surface area contributed by atoms with Crippen LogP contribution in [0.15, 0.2) is 30.3 Å². The second kappa shape index (κ2) is 9.95. The van der Waals surface area contributed by atoms with Crippen LogP contribution in [0.5, 0.6) is 5.75 Å². The van der Waals surface area contributed by atoms with Crippen molar-refractivity contribution in [2.75, 3.05) is 5.32 Å². The fraction of sp³-hybridized carbons (Fsp3) is 0.300. The van der Waals surface area contributed by atoms with E-state index in [1.807, 2.05) is 0 Å². The molecule has 168 valence electrons. The Kier molecular flexibility index (Phi) is 7.83. The lowest BCUT2D eigenvalue weighted by atomic mass is 10.0. The van der Waals surface area contributed by atoms with E-state index in [0.717, 1.165) is 18.2 Å². The molecule has 1 atom stereocenters. The monoisotopic (exact) mass is 464 g/mol. The number of nitrogens with one attached hydrogen (secondary N) is 2. The first-order chi connectivity index (χ1) is 14.5. The number of imide groups is 1. The van der Waals surface area contributed by atoms with Crippen LogP contribution in [0.3, 0.4) is 0 Å². The molecule has 31 heavy (non-hydrogen) atoms. The van der Waals surface area contributed by atoms with E-state index in [0.29, 0.717) is 0 Å². The molecule has 11 heteroatoms. The molecule has 1 unspecified atom stereocenters. The van der Waals surface area contributed by atoms with Crippen molar-refractivity contribution in [3.05, 3.63) is 58.7 Å². The number of benzene rings is 2. The first-order valence-electron chi connectivity index (χ1n) is 9.07. The smallest absolute Gasteiger partial charge is 0.429 e. The van der Waals surface area contributed by atoms with Gasteiger partial charge < -0.3 is 10.1 Å². The zero-order valence-corrected chi connectivity index (χ0v) is 17.1. The summed E-state index contributed by atoms with van der Waals surface area (Å²) in [5.41, 5.74) is -3.51. The number of alkyl halides is 4. The average Bonchev–Trinajstić information content (AvgIpc) is 2.68. The lowest BCUT2D eigenvalue weighted by Crippen LogP contribution is -2.35. The van der Waals surface area contributed by atoms with Crippen LogP contribution in [0.2, 0.25) is 0 Å². The van der Waals surface area contributed by atoms with Crippen LogP contribution in [-0.4, -0.2) is 23.7 Å². The predicted molar refractivity (Wildman–Crippen MR) is 104 cm³/mol. The van der Waals surface area contributed by atoms with Gasteiger partial charge in [-0.3, -0.25) is 10.1 Å². The van der Waals surface area contributed by atoms with E-state index in [9.17, 15) is 31.5 Å². The molecular formula is C20H18ClF5N2O3. The van der Waals surface area contributed by atoms with Crippen molar-refractivity contribution in [1.29, 1.82) is 0 Å². The van der Waals surface area contributed by atoms with Crippen LogP contribution < -0.4 is 15.4 Å². The van der Waals surface area contributed by atoms with Crippen molar-refractivity contribution < 1.29 is 36.3 Å². The van der Waals surface area contributed by atoms with Crippen LogP contribution in [0, 0.1) is 11.6 Å². The minimum Gasteiger partial charge on any atom is -0.429 e. The zero-order chi connectivity index (χ0) is 23.3. The molecule has 0 aromatic heterocycles. The van der Waals surface area contributed by atoms with Crippen molar-refractivity contribution in [1.82, 2.24) is 5.32 Å². The van der Waals surface area contributed by atoms with E-state index in [4.69, 9.17) is 11.6 Å². The topological polar surface area (TPSA) is 67.4 Å². The Morgan fingerprint density at radius 1 is 1.10 bits per heavy atom. The molecule has 0 fully saturated rings. The molecule has 2 rings (SSSR count). The molecule has 0 heterocycles. The number of hydrogen-bond donors (Lipinski definition) is 2. The van der Waals surface area contributed by atoms with Gasteiger partial charge in [0.25, 0.3) is 11.5 Å². The minimum atomic E-state index is -4.28. The highest BCUT2D eigenvalue weighted by molar-refractivity contribution is 6.20. The molecule has 0 saturated heterocycles. The van der Waals surface area contributed by atoms with Gasteiger partial charge in [0.15, 0.2) is 0 Å². The van der Waals surface area contributed by atoms with E-state index in [-0.39, 0.29) is 35.4 Å². The maximum absolute atomic E-state index is 13.7. The van der Waals surface area contributed by atoms with Gasteiger partial charge in [-0.15, -0.1) is 0 Å². The van der Waals surface area contributed by atoms with Crippen molar-refractivity contribution in [2.24, 2.45) is 0 Å². The number of hydrogen-bond acceptors (Lipinski definition) is 3. The predicted octanol–water partition coefficient (Wildman–Crippen LogP) is 5.56. The third-order valence-electron chi connectivity index (χ3n) is 4.17. The number of carbonyl (C=O) groups is 2. The van der Waals surface area contributed by atoms with Crippen LogP contribution in [0.1, 0.15) is 35.3 Å². The van der Waals surface area contributed by atoms with Crippen LogP contribution in [0.25, 0.3) is 0 Å². The first-order valence-corrected chi connectivity index (χ1v) is 9.50.